The lowest BCUT2D eigenvalue weighted by atomic mass is 9.99. The van der Waals surface area contributed by atoms with Crippen LogP contribution in [0.3, 0.4) is 0 Å². The summed E-state index contributed by atoms with van der Waals surface area (Å²) >= 11 is 0. The maximum atomic E-state index is 5.75. The third kappa shape index (κ3) is 6.63. The highest BCUT2D eigenvalue weighted by atomic mass is 16.5. The third-order valence-electron chi connectivity index (χ3n) is 3.50. The molecule has 0 saturated heterocycles. The monoisotopic (exact) mass is 263 g/mol. The molecule has 0 fully saturated rings. The normalized spacial score (nSPS) is 12.4. The molecule has 0 aliphatic rings. The first-order valence-corrected chi connectivity index (χ1v) is 7.71. The van der Waals surface area contributed by atoms with Crippen LogP contribution in [0.5, 0.6) is 5.75 Å². The molecule has 0 aliphatic heterocycles. The fourth-order valence-corrected chi connectivity index (χ4v) is 1.97. The van der Waals surface area contributed by atoms with Gasteiger partial charge in [-0.05, 0) is 62.4 Å². The van der Waals surface area contributed by atoms with Gasteiger partial charge in [0.25, 0.3) is 0 Å². The second-order valence-corrected chi connectivity index (χ2v) is 5.18. The van der Waals surface area contributed by atoms with E-state index in [1.807, 2.05) is 0 Å². The molecule has 1 rings (SSSR count). The molecule has 0 amide bonds. The molecule has 1 aromatic carbocycles. The maximum Gasteiger partial charge on any atom is 0.119 e. The van der Waals surface area contributed by atoms with E-state index in [1.54, 1.807) is 0 Å². The zero-order valence-electron chi connectivity index (χ0n) is 12.7. The van der Waals surface area contributed by atoms with E-state index < -0.39 is 0 Å². The highest BCUT2D eigenvalue weighted by molar-refractivity contribution is 5.29. The largest absolute Gasteiger partial charge is 0.494 e. The van der Waals surface area contributed by atoms with Gasteiger partial charge in [0.15, 0.2) is 0 Å². The van der Waals surface area contributed by atoms with E-state index in [0.717, 1.165) is 31.9 Å². The predicted octanol–water partition coefficient (Wildman–Crippen LogP) is 4.36. The molecular formula is C17H29NO. The molecule has 0 bridgehead atoms. The molecule has 1 unspecified atom stereocenters. The van der Waals surface area contributed by atoms with E-state index in [0.29, 0.717) is 5.92 Å². The molecule has 0 heterocycles. The van der Waals surface area contributed by atoms with Gasteiger partial charge in [-0.3, -0.25) is 0 Å². The molecule has 19 heavy (non-hydrogen) atoms. The van der Waals surface area contributed by atoms with Crippen LogP contribution in [0.1, 0.15) is 57.9 Å². The van der Waals surface area contributed by atoms with Gasteiger partial charge in [0, 0.05) is 0 Å². The summed E-state index contributed by atoms with van der Waals surface area (Å²) in [5.41, 5.74) is 1.40. The van der Waals surface area contributed by atoms with Crippen LogP contribution in [0.15, 0.2) is 24.3 Å². The Morgan fingerprint density at radius 3 is 2.42 bits per heavy atom. The molecule has 1 atom stereocenters. The standard InChI is InChI=1S/C17H29NO/c1-4-12-18-13-6-7-14-19-17-10-8-16(9-11-17)15(3)5-2/h8-11,15,18H,4-7,12-14H2,1-3H3. The average Bonchev–Trinajstić information content (AvgIpc) is 2.46. The molecule has 108 valence electrons. The van der Waals surface area contributed by atoms with Crippen LogP contribution in [-0.4, -0.2) is 19.7 Å². The van der Waals surface area contributed by atoms with Crippen molar-refractivity contribution in [3.05, 3.63) is 29.8 Å². The van der Waals surface area contributed by atoms with Crippen molar-refractivity contribution < 1.29 is 4.74 Å². The first-order chi connectivity index (χ1) is 9.27. The van der Waals surface area contributed by atoms with Gasteiger partial charge in [0.05, 0.1) is 6.61 Å². The topological polar surface area (TPSA) is 21.3 Å². The van der Waals surface area contributed by atoms with Gasteiger partial charge in [0.2, 0.25) is 0 Å². The highest BCUT2D eigenvalue weighted by Gasteiger charge is 2.02. The van der Waals surface area contributed by atoms with Crippen LogP contribution >= 0.6 is 0 Å². The summed E-state index contributed by atoms with van der Waals surface area (Å²) in [5.74, 6) is 1.63. The van der Waals surface area contributed by atoms with E-state index in [9.17, 15) is 0 Å². The van der Waals surface area contributed by atoms with Crippen molar-refractivity contribution in [3.63, 3.8) is 0 Å². The molecule has 1 aromatic rings. The van der Waals surface area contributed by atoms with Crippen LogP contribution in [0.4, 0.5) is 0 Å². The Bertz CT molecular complexity index is 321. The van der Waals surface area contributed by atoms with Crippen molar-refractivity contribution in [2.45, 2.75) is 52.4 Å². The van der Waals surface area contributed by atoms with Gasteiger partial charge in [-0.2, -0.15) is 0 Å². The molecule has 2 nitrogen and oxygen atoms in total. The molecule has 0 aromatic heterocycles. The Kier molecular flexibility index (Phi) is 8.31. The second kappa shape index (κ2) is 9.85. The smallest absolute Gasteiger partial charge is 0.119 e. The minimum Gasteiger partial charge on any atom is -0.494 e. The minimum absolute atomic E-state index is 0.638. The quantitative estimate of drug-likeness (QED) is 0.633. The molecule has 2 heteroatoms. The minimum atomic E-state index is 0.638. The van der Waals surface area contributed by atoms with Gasteiger partial charge in [0.1, 0.15) is 5.75 Å². The molecule has 1 N–H and O–H groups in total. The van der Waals surface area contributed by atoms with Crippen molar-refractivity contribution in [1.82, 2.24) is 5.32 Å². The lowest BCUT2D eigenvalue weighted by Gasteiger charge is -2.11. The van der Waals surface area contributed by atoms with Crippen LogP contribution in [-0.2, 0) is 0 Å². The van der Waals surface area contributed by atoms with Crippen LogP contribution in [0, 0.1) is 0 Å². The van der Waals surface area contributed by atoms with Gasteiger partial charge in [-0.25, -0.2) is 0 Å². The average molecular weight is 263 g/mol. The summed E-state index contributed by atoms with van der Waals surface area (Å²) < 4.78 is 5.75. The zero-order chi connectivity index (χ0) is 13.9. The number of rotatable bonds is 10. The Labute approximate surface area is 118 Å². The summed E-state index contributed by atoms with van der Waals surface area (Å²) in [4.78, 5) is 0. The lowest BCUT2D eigenvalue weighted by molar-refractivity contribution is 0.305. The highest BCUT2D eigenvalue weighted by Crippen LogP contribution is 2.21. The van der Waals surface area contributed by atoms with Gasteiger partial charge >= 0.3 is 0 Å². The van der Waals surface area contributed by atoms with Crippen molar-refractivity contribution in [1.29, 1.82) is 0 Å². The van der Waals surface area contributed by atoms with Crippen LogP contribution in [0.2, 0.25) is 0 Å². The summed E-state index contributed by atoms with van der Waals surface area (Å²) in [7, 11) is 0. The van der Waals surface area contributed by atoms with Crippen LogP contribution < -0.4 is 10.1 Å². The fraction of sp³-hybridized carbons (Fsp3) is 0.647. The van der Waals surface area contributed by atoms with E-state index in [1.165, 1.54) is 24.8 Å². The second-order valence-electron chi connectivity index (χ2n) is 5.18. The first-order valence-electron chi connectivity index (χ1n) is 7.71. The van der Waals surface area contributed by atoms with Crippen molar-refractivity contribution in [2.24, 2.45) is 0 Å². The third-order valence-corrected chi connectivity index (χ3v) is 3.50. The molecular weight excluding hydrogens is 234 g/mol. The van der Waals surface area contributed by atoms with E-state index in [4.69, 9.17) is 4.74 Å². The summed E-state index contributed by atoms with van der Waals surface area (Å²) in [5, 5.41) is 3.40. The number of benzene rings is 1. The number of nitrogens with one attached hydrogen (secondary N) is 1. The number of hydrogen-bond acceptors (Lipinski definition) is 2. The first kappa shape index (κ1) is 16.0. The number of unbranched alkanes of at least 4 members (excludes halogenated alkanes) is 1. The van der Waals surface area contributed by atoms with Gasteiger partial charge < -0.3 is 10.1 Å². The molecule has 0 spiro atoms. The summed E-state index contributed by atoms with van der Waals surface area (Å²) in [6, 6.07) is 8.56. The van der Waals surface area contributed by atoms with Crippen molar-refractivity contribution >= 4 is 0 Å². The number of hydrogen-bond donors (Lipinski definition) is 1. The maximum absolute atomic E-state index is 5.75. The zero-order valence-corrected chi connectivity index (χ0v) is 12.7. The Morgan fingerprint density at radius 1 is 1.05 bits per heavy atom. The van der Waals surface area contributed by atoms with Crippen molar-refractivity contribution in [3.8, 4) is 5.75 Å². The number of ether oxygens (including phenoxy) is 1. The Hall–Kier alpha value is -1.02. The van der Waals surface area contributed by atoms with E-state index >= 15 is 0 Å². The summed E-state index contributed by atoms with van der Waals surface area (Å²) in [6.07, 6.45) is 4.69. The van der Waals surface area contributed by atoms with Gasteiger partial charge in [-0.1, -0.05) is 32.9 Å². The van der Waals surface area contributed by atoms with Crippen LogP contribution in [0.25, 0.3) is 0 Å². The fourth-order valence-electron chi connectivity index (χ4n) is 1.97. The summed E-state index contributed by atoms with van der Waals surface area (Å²) in [6.45, 7) is 9.72. The lowest BCUT2D eigenvalue weighted by Crippen LogP contribution is -2.16. The predicted molar refractivity (Wildman–Crippen MR) is 83.0 cm³/mol. The van der Waals surface area contributed by atoms with E-state index in [2.05, 4.69) is 50.4 Å². The molecule has 0 radical (unpaired) electrons. The molecule has 0 aliphatic carbocycles. The Balaban J connectivity index is 2.16. The molecule has 0 saturated carbocycles. The van der Waals surface area contributed by atoms with E-state index in [-0.39, 0.29) is 0 Å². The Morgan fingerprint density at radius 2 is 1.79 bits per heavy atom. The SMILES string of the molecule is CCCNCCCCOc1ccc(C(C)CC)cc1. The van der Waals surface area contributed by atoms with Crippen molar-refractivity contribution in [2.75, 3.05) is 19.7 Å². The van der Waals surface area contributed by atoms with Gasteiger partial charge in [-0.15, -0.1) is 0 Å².